The van der Waals surface area contributed by atoms with Gasteiger partial charge in [-0.3, -0.25) is 9.69 Å². The molecule has 0 aromatic heterocycles. The molecule has 146 valence electrons. The first-order chi connectivity index (χ1) is 13.4. The van der Waals surface area contributed by atoms with Crippen molar-refractivity contribution in [1.29, 1.82) is 0 Å². The molecule has 4 rings (SSSR count). The van der Waals surface area contributed by atoms with E-state index >= 15 is 0 Å². The largest absolute Gasteiger partial charge is 0.486 e. The van der Waals surface area contributed by atoms with E-state index in [-0.39, 0.29) is 12.5 Å². The van der Waals surface area contributed by atoms with Crippen LogP contribution in [0.4, 0.5) is 4.79 Å². The third-order valence-corrected chi connectivity index (χ3v) is 5.38. The number of carbonyl (C=O) groups is 2. The molecule has 2 aromatic rings. The highest BCUT2D eigenvalue weighted by Gasteiger charge is 2.49. The summed E-state index contributed by atoms with van der Waals surface area (Å²) in [7, 11) is 0. The molecule has 1 atom stereocenters. The molecular formula is C22H24N2O4. The van der Waals surface area contributed by atoms with Gasteiger partial charge in [0.2, 0.25) is 0 Å². The monoisotopic (exact) mass is 380 g/mol. The molecule has 2 aliphatic heterocycles. The molecule has 0 unspecified atom stereocenters. The van der Waals surface area contributed by atoms with Crippen LogP contribution in [0.2, 0.25) is 0 Å². The Kier molecular flexibility index (Phi) is 4.49. The molecule has 2 aliphatic rings. The second-order valence-electron chi connectivity index (χ2n) is 7.70. The number of amides is 3. The van der Waals surface area contributed by atoms with Crippen molar-refractivity contribution in [3.8, 4) is 11.5 Å². The summed E-state index contributed by atoms with van der Waals surface area (Å²) in [6.07, 6.45) is 0. The second kappa shape index (κ2) is 6.86. The summed E-state index contributed by atoms with van der Waals surface area (Å²) in [6.45, 7) is 7.19. The van der Waals surface area contributed by atoms with E-state index in [0.29, 0.717) is 36.2 Å². The van der Waals surface area contributed by atoms with Gasteiger partial charge in [-0.2, -0.15) is 0 Å². The van der Waals surface area contributed by atoms with Crippen molar-refractivity contribution in [2.45, 2.75) is 38.8 Å². The van der Waals surface area contributed by atoms with E-state index in [1.54, 1.807) is 25.1 Å². The fraction of sp³-hybridized carbons (Fsp3) is 0.364. The lowest BCUT2D eigenvalue weighted by atomic mass is 9.91. The fourth-order valence-electron chi connectivity index (χ4n) is 3.58. The van der Waals surface area contributed by atoms with Gasteiger partial charge in [0, 0.05) is 0 Å². The topological polar surface area (TPSA) is 67.9 Å². The van der Waals surface area contributed by atoms with Crippen molar-refractivity contribution in [2.24, 2.45) is 0 Å². The van der Waals surface area contributed by atoms with Crippen LogP contribution in [-0.2, 0) is 16.9 Å². The molecule has 3 amide bonds. The number of ether oxygens (including phenoxy) is 2. The first-order valence-corrected chi connectivity index (χ1v) is 9.51. The summed E-state index contributed by atoms with van der Waals surface area (Å²) in [4.78, 5) is 27.0. The van der Waals surface area contributed by atoms with Gasteiger partial charge in [0.25, 0.3) is 5.91 Å². The number of hydrogen-bond acceptors (Lipinski definition) is 4. The lowest BCUT2D eigenvalue weighted by Crippen LogP contribution is -2.41. The van der Waals surface area contributed by atoms with Gasteiger partial charge in [-0.25, -0.2) is 4.79 Å². The minimum atomic E-state index is -1.13. The summed E-state index contributed by atoms with van der Waals surface area (Å²) < 4.78 is 11.2. The molecular weight excluding hydrogens is 356 g/mol. The maximum absolute atomic E-state index is 13.2. The molecule has 1 fully saturated rings. The Hall–Kier alpha value is -3.02. The zero-order valence-electron chi connectivity index (χ0n) is 16.3. The normalized spacial score (nSPS) is 21.2. The van der Waals surface area contributed by atoms with Crippen molar-refractivity contribution in [1.82, 2.24) is 10.2 Å². The highest BCUT2D eigenvalue weighted by molar-refractivity contribution is 6.07. The third kappa shape index (κ3) is 3.09. The molecule has 1 N–H and O–H groups in total. The van der Waals surface area contributed by atoms with Crippen LogP contribution >= 0.6 is 0 Å². The van der Waals surface area contributed by atoms with Crippen LogP contribution in [0.1, 0.15) is 43.4 Å². The number of benzene rings is 2. The number of imide groups is 1. The molecule has 28 heavy (non-hydrogen) atoms. The molecule has 0 radical (unpaired) electrons. The Morgan fingerprint density at radius 2 is 1.71 bits per heavy atom. The maximum atomic E-state index is 13.2. The van der Waals surface area contributed by atoms with Crippen LogP contribution in [0.25, 0.3) is 0 Å². The van der Waals surface area contributed by atoms with E-state index in [1.807, 2.05) is 24.3 Å². The van der Waals surface area contributed by atoms with E-state index in [2.05, 4.69) is 19.2 Å². The van der Waals surface area contributed by atoms with E-state index in [0.717, 1.165) is 5.56 Å². The predicted octanol–water partition coefficient (Wildman–Crippen LogP) is 3.55. The van der Waals surface area contributed by atoms with Crippen LogP contribution in [0.3, 0.4) is 0 Å². The lowest BCUT2D eigenvalue weighted by molar-refractivity contribution is -0.131. The molecule has 6 heteroatoms. The molecule has 0 spiro atoms. The molecule has 1 saturated heterocycles. The molecule has 6 nitrogen and oxygen atoms in total. The highest BCUT2D eigenvalue weighted by atomic mass is 16.6. The van der Waals surface area contributed by atoms with E-state index < -0.39 is 11.6 Å². The summed E-state index contributed by atoms with van der Waals surface area (Å²) in [6, 6.07) is 13.0. The Bertz CT molecular complexity index is 923. The molecule has 0 aliphatic carbocycles. The second-order valence-corrected chi connectivity index (χ2v) is 7.70. The first kappa shape index (κ1) is 18.3. The number of rotatable bonds is 4. The Balaban J connectivity index is 1.57. The van der Waals surface area contributed by atoms with Crippen molar-refractivity contribution >= 4 is 11.9 Å². The maximum Gasteiger partial charge on any atom is 0.325 e. The Labute approximate surface area is 164 Å². The Morgan fingerprint density at radius 1 is 1.04 bits per heavy atom. The van der Waals surface area contributed by atoms with E-state index in [4.69, 9.17) is 9.47 Å². The van der Waals surface area contributed by atoms with Crippen molar-refractivity contribution in [3.05, 3.63) is 59.2 Å². The van der Waals surface area contributed by atoms with Crippen molar-refractivity contribution < 1.29 is 19.1 Å². The third-order valence-electron chi connectivity index (χ3n) is 5.38. The summed E-state index contributed by atoms with van der Waals surface area (Å²) in [5, 5.41) is 2.84. The summed E-state index contributed by atoms with van der Waals surface area (Å²) in [5.74, 6) is 1.40. The fourth-order valence-corrected chi connectivity index (χ4v) is 3.58. The number of carbonyl (C=O) groups excluding carboxylic acids is 2. The zero-order valence-corrected chi connectivity index (χ0v) is 16.3. The number of nitrogens with one attached hydrogen (secondary N) is 1. The van der Waals surface area contributed by atoms with Crippen LogP contribution < -0.4 is 14.8 Å². The van der Waals surface area contributed by atoms with Gasteiger partial charge in [-0.15, -0.1) is 0 Å². The molecule has 2 aromatic carbocycles. The quantitative estimate of drug-likeness (QED) is 0.824. The van der Waals surface area contributed by atoms with E-state index in [1.165, 1.54) is 10.5 Å². The SMILES string of the molecule is CC(C)c1ccc(CN2C(=O)N[C@@](C)(c3ccc4c(c3)OCCO4)C2=O)cc1. The van der Waals surface area contributed by atoms with Crippen molar-refractivity contribution in [3.63, 3.8) is 0 Å². The summed E-state index contributed by atoms with van der Waals surface area (Å²) in [5.41, 5.74) is 1.68. The average Bonchev–Trinajstić information content (AvgIpc) is 2.92. The summed E-state index contributed by atoms with van der Waals surface area (Å²) >= 11 is 0. The van der Waals surface area contributed by atoms with Crippen molar-refractivity contribution in [2.75, 3.05) is 13.2 Å². The predicted molar refractivity (Wildman–Crippen MR) is 104 cm³/mol. The Morgan fingerprint density at radius 3 is 2.39 bits per heavy atom. The number of fused-ring (bicyclic) bond motifs is 1. The van der Waals surface area contributed by atoms with Gasteiger partial charge in [0.15, 0.2) is 11.5 Å². The van der Waals surface area contributed by atoms with Gasteiger partial charge in [-0.1, -0.05) is 44.2 Å². The number of nitrogens with zero attached hydrogens (tertiary/aromatic N) is 1. The van der Waals surface area contributed by atoms with Crippen LogP contribution in [0.5, 0.6) is 11.5 Å². The molecule has 0 bridgehead atoms. The zero-order chi connectivity index (χ0) is 19.9. The standard InChI is InChI=1S/C22H24N2O4/c1-14(2)16-6-4-15(5-7-16)13-24-20(25)22(3,23-21(24)26)17-8-9-18-19(12-17)28-11-10-27-18/h4-9,12,14H,10-11,13H2,1-3H3,(H,23,26)/t22-/m0/s1. The average molecular weight is 380 g/mol. The first-order valence-electron chi connectivity index (χ1n) is 9.51. The van der Waals surface area contributed by atoms with Crippen LogP contribution in [-0.4, -0.2) is 30.1 Å². The number of urea groups is 1. The molecule has 0 saturated carbocycles. The van der Waals surface area contributed by atoms with Gasteiger partial charge < -0.3 is 14.8 Å². The minimum absolute atomic E-state index is 0.239. The smallest absolute Gasteiger partial charge is 0.325 e. The van der Waals surface area contributed by atoms with Gasteiger partial charge in [0.1, 0.15) is 18.8 Å². The van der Waals surface area contributed by atoms with Crippen LogP contribution in [0.15, 0.2) is 42.5 Å². The van der Waals surface area contributed by atoms with Gasteiger partial charge in [0.05, 0.1) is 6.54 Å². The van der Waals surface area contributed by atoms with Gasteiger partial charge in [-0.05, 0) is 41.7 Å². The number of hydrogen-bond donors (Lipinski definition) is 1. The van der Waals surface area contributed by atoms with E-state index in [9.17, 15) is 9.59 Å². The minimum Gasteiger partial charge on any atom is -0.486 e. The van der Waals surface area contributed by atoms with Gasteiger partial charge >= 0.3 is 6.03 Å². The molecule has 2 heterocycles. The lowest BCUT2D eigenvalue weighted by Gasteiger charge is -2.25. The van der Waals surface area contributed by atoms with Crippen LogP contribution in [0, 0.1) is 0 Å². The highest BCUT2D eigenvalue weighted by Crippen LogP contribution is 2.37.